The number of nitrogens with two attached hydrogens (primary N) is 1. The second kappa shape index (κ2) is 3.80. The van der Waals surface area contributed by atoms with Gasteiger partial charge in [0.2, 0.25) is 0 Å². The van der Waals surface area contributed by atoms with Gasteiger partial charge in [-0.15, -0.1) is 0 Å². The molecule has 0 aliphatic carbocycles. The zero-order chi connectivity index (χ0) is 10.2. The van der Waals surface area contributed by atoms with Crippen LogP contribution in [0.2, 0.25) is 0 Å². The fraction of sp³-hybridized carbons (Fsp3) is 1.00. The van der Waals surface area contributed by atoms with Crippen molar-refractivity contribution < 1.29 is 9.47 Å². The SMILES string of the molecule is CC1CCC(C2CCC(C)(CN)O2)O1. The third-order valence-corrected chi connectivity index (χ3v) is 3.50. The highest BCUT2D eigenvalue weighted by molar-refractivity contribution is 4.91. The molecule has 2 aliphatic heterocycles. The summed E-state index contributed by atoms with van der Waals surface area (Å²) in [6.45, 7) is 4.86. The molecular formula is C11H21NO2. The molecule has 0 bridgehead atoms. The van der Waals surface area contributed by atoms with E-state index >= 15 is 0 Å². The minimum atomic E-state index is -0.0974. The van der Waals surface area contributed by atoms with E-state index < -0.39 is 0 Å². The van der Waals surface area contributed by atoms with Crippen LogP contribution in [0.25, 0.3) is 0 Å². The Labute approximate surface area is 85.9 Å². The molecule has 4 unspecified atom stereocenters. The Balaban J connectivity index is 1.89. The van der Waals surface area contributed by atoms with E-state index in [0.717, 1.165) is 19.3 Å². The van der Waals surface area contributed by atoms with Gasteiger partial charge in [0.15, 0.2) is 0 Å². The molecule has 2 rings (SSSR count). The number of hydrogen-bond acceptors (Lipinski definition) is 3. The third kappa shape index (κ3) is 1.95. The Hall–Kier alpha value is -0.120. The molecule has 0 aromatic carbocycles. The van der Waals surface area contributed by atoms with Gasteiger partial charge in [0.25, 0.3) is 0 Å². The standard InChI is InChI=1S/C11H21NO2/c1-8-3-4-9(13-8)10-5-6-11(2,7-12)14-10/h8-10H,3-7,12H2,1-2H3. The smallest absolute Gasteiger partial charge is 0.0845 e. The van der Waals surface area contributed by atoms with Gasteiger partial charge in [-0.3, -0.25) is 0 Å². The molecule has 14 heavy (non-hydrogen) atoms. The molecule has 2 heterocycles. The molecule has 0 amide bonds. The minimum Gasteiger partial charge on any atom is -0.373 e. The molecule has 2 aliphatic rings. The fourth-order valence-electron chi connectivity index (χ4n) is 2.45. The van der Waals surface area contributed by atoms with E-state index in [1.165, 1.54) is 6.42 Å². The van der Waals surface area contributed by atoms with Crippen molar-refractivity contribution in [2.75, 3.05) is 6.54 Å². The highest BCUT2D eigenvalue weighted by Crippen LogP contribution is 2.35. The van der Waals surface area contributed by atoms with Crippen LogP contribution in [0.15, 0.2) is 0 Å². The predicted molar refractivity (Wildman–Crippen MR) is 55.1 cm³/mol. The lowest BCUT2D eigenvalue weighted by Gasteiger charge is -2.25. The summed E-state index contributed by atoms with van der Waals surface area (Å²) < 4.78 is 11.8. The highest BCUT2D eigenvalue weighted by Gasteiger charge is 2.41. The van der Waals surface area contributed by atoms with E-state index in [4.69, 9.17) is 15.2 Å². The Morgan fingerprint density at radius 3 is 2.57 bits per heavy atom. The number of ether oxygens (including phenoxy) is 2. The van der Waals surface area contributed by atoms with Gasteiger partial charge in [-0.1, -0.05) is 0 Å². The summed E-state index contributed by atoms with van der Waals surface area (Å²) in [5.74, 6) is 0. The van der Waals surface area contributed by atoms with Crippen molar-refractivity contribution in [3.8, 4) is 0 Å². The molecule has 0 saturated carbocycles. The van der Waals surface area contributed by atoms with Crippen LogP contribution >= 0.6 is 0 Å². The Morgan fingerprint density at radius 1 is 1.29 bits per heavy atom. The lowest BCUT2D eigenvalue weighted by Crippen LogP contribution is -2.36. The van der Waals surface area contributed by atoms with Gasteiger partial charge in [0.1, 0.15) is 0 Å². The van der Waals surface area contributed by atoms with Crippen molar-refractivity contribution in [2.45, 2.75) is 63.4 Å². The molecule has 4 atom stereocenters. The Kier molecular flexibility index (Phi) is 2.82. The summed E-state index contributed by atoms with van der Waals surface area (Å²) in [5.41, 5.74) is 5.59. The quantitative estimate of drug-likeness (QED) is 0.732. The first kappa shape index (κ1) is 10.4. The molecule has 3 heteroatoms. The monoisotopic (exact) mass is 199 g/mol. The molecule has 0 radical (unpaired) electrons. The lowest BCUT2D eigenvalue weighted by molar-refractivity contribution is -0.0916. The van der Waals surface area contributed by atoms with Gasteiger partial charge in [-0.2, -0.15) is 0 Å². The number of hydrogen-bond donors (Lipinski definition) is 1. The molecule has 0 spiro atoms. The second-order valence-corrected chi connectivity index (χ2v) is 4.91. The van der Waals surface area contributed by atoms with E-state index in [2.05, 4.69) is 13.8 Å². The Morgan fingerprint density at radius 2 is 2.07 bits per heavy atom. The maximum atomic E-state index is 5.98. The highest BCUT2D eigenvalue weighted by atomic mass is 16.6. The van der Waals surface area contributed by atoms with Crippen molar-refractivity contribution in [2.24, 2.45) is 5.73 Å². The van der Waals surface area contributed by atoms with Crippen molar-refractivity contribution in [1.82, 2.24) is 0 Å². The average Bonchev–Trinajstić information content (AvgIpc) is 2.73. The molecule has 0 aromatic rings. The van der Waals surface area contributed by atoms with Gasteiger partial charge in [0.05, 0.1) is 23.9 Å². The first-order valence-corrected chi connectivity index (χ1v) is 5.66. The van der Waals surface area contributed by atoms with Crippen LogP contribution in [0.4, 0.5) is 0 Å². The van der Waals surface area contributed by atoms with Crippen LogP contribution in [0.1, 0.15) is 39.5 Å². The molecule has 2 saturated heterocycles. The summed E-state index contributed by atoms with van der Waals surface area (Å²) >= 11 is 0. The van der Waals surface area contributed by atoms with Crippen LogP contribution in [0.3, 0.4) is 0 Å². The fourth-order valence-corrected chi connectivity index (χ4v) is 2.45. The average molecular weight is 199 g/mol. The largest absolute Gasteiger partial charge is 0.373 e. The van der Waals surface area contributed by atoms with Crippen LogP contribution < -0.4 is 5.73 Å². The van der Waals surface area contributed by atoms with E-state index in [1.54, 1.807) is 0 Å². The predicted octanol–water partition coefficient (Wildman–Crippen LogP) is 1.45. The normalized spacial score (nSPS) is 48.6. The first-order chi connectivity index (χ1) is 6.63. The molecule has 82 valence electrons. The van der Waals surface area contributed by atoms with Gasteiger partial charge in [-0.05, 0) is 39.5 Å². The van der Waals surface area contributed by atoms with E-state index in [9.17, 15) is 0 Å². The Bertz CT molecular complexity index is 209. The van der Waals surface area contributed by atoms with Crippen molar-refractivity contribution in [3.63, 3.8) is 0 Å². The van der Waals surface area contributed by atoms with E-state index in [0.29, 0.717) is 18.8 Å². The second-order valence-electron chi connectivity index (χ2n) is 4.91. The van der Waals surface area contributed by atoms with Crippen molar-refractivity contribution in [1.29, 1.82) is 0 Å². The molecule has 3 nitrogen and oxygen atoms in total. The molecular weight excluding hydrogens is 178 g/mol. The van der Waals surface area contributed by atoms with Gasteiger partial charge in [-0.25, -0.2) is 0 Å². The topological polar surface area (TPSA) is 44.5 Å². The summed E-state index contributed by atoms with van der Waals surface area (Å²) in [6.07, 6.45) is 5.50. The zero-order valence-corrected chi connectivity index (χ0v) is 9.16. The van der Waals surface area contributed by atoms with Crippen molar-refractivity contribution >= 4 is 0 Å². The van der Waals surface area contributed by atoms with Gasteiger partial charge >= 0.3 is 0 Å². The van der Waals surface area contributed by atoms with E-state index in [1.807, 2.05) is 0 Å². The molecule has 2 fully saturated rings. The first-order valence-electron chi connectivity index (χ1n) is 5.66. The third-order valence-electron chi connectivity index (χ3n) is 3.50. The lowest BCUT2D eigenvalue weighted by atomic mass is 10.0. The number of rotatable bonds is 2. The van der Waals surface area contributed by atoms with Gasteiger partial charge in [0, 0.05) is 6.54 Å². The molecule has 2 N–H and O–H groups in total. The minimum absolute atomic E-state index is 0.0974. The summed E-state index contributed by atoms with van der Waals surface area (Å²) in [4.78, 5) is 0. The van der Waals surface area contributed by atoms with Crippen LogP contribution in [-0.2, 0) is 9.47 Å². The van der Waals surface area contributed by atoms with Crippen molar-refractivity contribution in [3.05, 3.63) is 0 Å². The molecule has 0 aromatic heterocycles. The maximum absolute atomic E-state index is 5.98. The van der Waals surface area contributed by atoms with Crippen LogP contribution in [0.5, 0.6) is 0 Å². The van der Waals surface area contributed by atoms with E-state index in [-0.39, 0.29) is 11.7 Å². The van der Waals surface area contributed by atoms with Gasteiger partial charge < -0.3 is 15.2 Å². The zero-order valence-electron chi connectivity index (χ0n) is 9.16. The summed E-state index contributed by atoms with van der Waals surface area (Å²) in [5, 5.41) is 0. The summed E-state index contributed by atoms with van der Waals surface area (Å²) in [6, 6.07) is 0. The van der Waals surface area contributed by atoms with Crippen LogP contribution in [-0.4, -0.2) is 30.5 Å². The summed E-state index contributed by atoms with van der Waals surface area (Å²) in [7, 11) is 0. The van der Waals surface area contributed by atoms with Crippen LogP contribution in [0, 0.1) is 0 Å². The maximum Gasteiger partial charge on any atom is 0.0845 e.